The van der Waals surface area contributed by atoms with Crippen molar-refractivity contribution in [1.82, 2.24) is 15.5 Å². The minimum atomic E-state index is 0.151. The van der Waals surface area contributed by atoms with Gasteiger partial charge < -0.3 is 9.73 Å². The summed E-state index contributed by atoms with van der Waals surface area (Å²) in [4.78, 5) is 0. The van der Waals surface area contributed by atoms with Gasteiger partial charge in [0.15, 0.2) is 0 Å². The summed E-state index contributed by atoms with van der Waals surface area (Å²) >= 11 is 0. The van der Waals surface area contributed by atoms with Gasteiger partial charge in [-0.1, -0.05) is 18.2 Å². The third-order valence-corrected chi connectivity index (χ3v) is 3.38. The third-order valence-electron chi connectivity index (χ3n) is 3.38. The Hall–Kier alpha value is -1.68. The van der Waals surface area contributed by atoms with Crippen molar-refractivity contribution in [3.05, 3.63) is 35.2 Å². The van der Waals surface area contributed by atoms with Crippen molar-refractivity contribution in [1.29, 1.82) is 0 Å². The highest BCUT2D eigenvalue weighted by Gasteiger charge is 2.13. The van der Waals surface area contributed by atoms with E-state index < -0.39 is 0 Å². The molecule has 21 heavy (non-hydrogen) atoms. The zero-order chi connectivity index (χ0) is 15.5. The highest BCUT2D eigenvalue weighted by molar-refractivity contribution is 5.62. The number of benzene rings is 1. The van der Waals surface area contributed by atoms with Crippen LogP contribution in [0.4, 0.5) is 0 Å². The molecule has 0 aliphatic rings. The molecule has 0 aliphatic heterocycles. The Morgan fingerprint density at radius 1 is 1.10 bits per heavy atom. The lowest BCUT2D eigenvalue weighted by Gasteiger charge is -2.19. The number of nitrogens with one attached hydrogen (secondary N) is 1. The minimum Gasteiger partial charge on any atom is -0.421 e. The van der Waals surface area contributed by atoms with Gasteiger partial charge in [0.25, 0.3) is 0 Å². The molecule has 0 atom stereocenters. The summed E-state index contributed by atoms with van der Waals surface area (Å²) in [5, 5.41) is 11.8. The van der Waals surface area contributed by atoms with Crippen LogP contribution in [0, 0.1) is 13.8 Å². The van der Waals surface area contributed by atoms with E-state index in [1.54, 1.807) is 0 Å². The average molecular weight is 287 g/mol. The van der Waals surface area contributed by atoms with Gasteiger partial charge in [-0.2, -0.15) is 0 Å². The number of hydrogen-bond donors (Lipinski definition) is 1. The molecule has 2 rings (SSSR count). The molecule has 1 N–H and O–H groups in total. The zero-order valence-electron chi connectivity index (χ0n) is 13.7. The second-order valence-electron chi connectivity index (χ2n) is 6.55. The van der Waals surface area contributed by atoms with Crippen molar-refractivity contribution >= 4 is 0 Å². The summed E-state index contributed by atoms with van der Waals surface area (Å²) < 4.78 is 5.81. The van der Waals surface area contributed by atoms with Crippen molar-refractivity contribution in [2.24, 2.45) is 0 Å². The van der Waals surface area contributed by atoms with E-state index in [1.807, 2.05) is 6.07 Å². The van der Waals surface area contributed by atoms with E-state index in [2.05, 4.69) is 62.3 Å². The molecule has 0 fully saturated rings. The first-order chi connectivity index (χ1) is 9.87. The number of aromatic nitrogens is 2. The third kappa shape index (κ3) is 4.39. The van der Waals surface area contributed by atoms with E-state index in [9.17, 15) is 0 Å². The number of rotatable bonds is 5. The maximum atomic E-state index is 5.81. The largest absolute Gasteiger partial charge is 0.421 e. The highest BCUT2D eigenvalue weighted by Crippen LogP contribution is 2.25. The van der Waals surface area contributed by atoms with Crippen LogP contribution in [-0.4, -0.2) is 22.3 Å². The van der Waals surface area contributed by atoms with Crippen LogP contribution in [0.1, 0.15) is 44.2 Å². The van der Waals surface area contributed by atoms with Gasteiger partial charge in [0.2, 0.25) is 11.8 Å². The molecule has 0 radical (unpaired) electrons. The lowest BCUT2D eigenvalue weighted by Crippen LogP contribution is -2.36. The summed E-state index contributed by atoms with van der Waals surface area (Å²) in [6.07, 6.45) is 1.80. The van der Waals surface area contributed by atoms with Crippen LogP contribution in [0.3, 0.4) is 0 Å². The molecule has 4 heteroatoms. The fourth-order valence-corrected chi connectivity index (χ4v) is 2.31. The molecule has 1 aromatic carbocycles. The molecule has 4 nitrogen and oxygen atoms in total. The second-order valence-corrected chi connectivity index (χ2v) is 6.55. The van der Waals surface area contributed by atoms with Gasteiger partial charge >= 0.3 is 0 Å². The SMILES string of the molecule is Cc1cccc(C)c1-c1nnc(CCCNC(C)(C)C)o1. The van der Waals surface area contributed by atoms with Crippen molar-refractivity contribution in [3.63, 3.8) is 0 Å². The van der Waals surface area contributed by atoms with Crippen LogP contribution < -0.4 is 5.32 Å². The summed E-state index contributed by atoms with van der Waals surface area (Å²) in [5.41, 5.74) is 3.54. The Kier molecular flexibility index (Phi) is 4.78. The second kappa shape index (κ2) is 6.39. The van der Waals surface area contributed by atoms with Gasteiger partial charge in [-0.15, -0.1) is 10.2 Å². The summed E-state index contributed by atoms with van der Waals surface area (Å²) in [7, 11) is 0. The first-order valence-electron chi connectivity index (χ1n) is 7.51. The van der Waals surface area contributed by atoms with Crippen LogP contribution in [0.15, 0.2) is 22.6 Å². The molecule has 0 saturated heterocycles. The Labute approximate surface area is 127 Å². The van der Waals surface area contributed by atoms with E-state index in [4.69, 9.17) is 4.42 Å². The molecular weight excluding hydrogens is 262 g/mol. The average Bonchev–Trinajstić information content (AvgIpc) is 2.82. The Morgan fingerprint density at radius 2 is 1.76 bits per heavy atom. The fraction of sp³-hybridized carbons (Fsp3) is 0.529. The van der Waals surface area contributed by atoms with Gasteiger partial charge in [-0.05, 0) is 58.7 Å². The normalized spacial score (nSPS) is 11.9. The van der Waals surface area contributed by atoms with Crippen LogP contribution in [0.5, 0.6) is 0 Å². The number of hydrogen-bond acceptors (Lipinski definition) is 4. The van der Waals surface area contributed by atoms with Crippen molar-refractivity contribution in [2.45, 2.75) is 53.0 Å². The van der Waals surface area contributed by atoms with Crippen molar-refractivity contribution in [2.75, 3.05) is 6.54 Å². The Morgan fingerprint density at radius 3 is 2.38 bits per heavy atom. The summed E-state index contributed by atoms with van der Waals surface area (Å²) in [6.45, 7) is 11.6. The van der Waals surface area contributed by atoms with E-state index in [0.29, 0.717) is 11.8 Å². The summed E-state index contributed by atoms with van der Waals surface area (Å²) in [6, 6.07) is 6.18. The zero-order valence-corrected chi connectivity index (χ0v) is 13.7. The smallest absolute Gasteiger partial charge is 0.248 e. The van der Waals surface area contributed by atoms with Crippen LogP contribution in [-0.2, 0) is 6.42 Å². The van der Waals surface area contributed by atoms with Gasteiger partial charge in [-0.3, -0.25) is 0 Å². The van der Waals surface area contributed by atoms with Gasteiger partial charge in [-0.25, -0.2) is 0 Å². The Bertz CT molecular complexity index is 576. The molecule has 114 valence electrons. The molecule has 2 aromatic rings. The van der Waals surface area contributed by atoms with Gasteiger partial charge in [0.1, 0.15) is 0 Å². The van der Waals surface area contributed by atoms with Crippen LogP contribution >= 0.6 is 0 Å². The number of nitrogens with zero attached hydrogens (tertiary/aromatic N) is 2. The topological polar surface area (TPSA) is 51.0 Å². The summed E-state index contributed by atoms with van der Waals surface area (Å²) in [5.74, 6) is 1.34. The maximum Gasteiger partial charge on any atom is 0.248 e. The Balaban J connectivity index is 1.99. The first-order valence-corrected chi connectivity index (χ1v) is 7.51. The van der Waals surface area contributed by atoms with Crippen LogP contribution in [0.25, 0.3) is 11.5 Å². The molecule has 0 amide bonds. The molecule has 0 saturated carbocycles. The van der Waals surface area contributed by atoms with E-state index in [1.165, 1.54) is 11.1 Å². The molecule has 1 aromatic heterocycles. The molecule has 0 aliphatic carbocycles. The lowest BCUT2D eigenvalue weighted by molar-refractivity contribution is 0.412. The minimum absolute atomic E-state index is 0.151. The van der Waals surface area contributed by atoms with E-state index in [-0.39, 0.29) is 5.54 Å². The van der Waals surface area contributed by atoms with E-state index in [0.717, 1.165) is 24.9 Å². The molecule has 0 spiro atoms. The monoisotopic (exact) mass is 287 g/mol. The van der Waals surface area contributed by atoms with E-state index >= 15 is 0 Å². The first kappa shape index (κ1) is 15.7. The molecular formula is C17H25N3O. The van der Waals surface area contributed by atoms with Crippen molar-refractivity contribution in [3.8, 4) is 11.5 Å². The van der Waals surface area contributed by atoms with Crippen molar-refractivity contribution < 1.29 is 4.42 Å². The lowest BCUT2D eigenvalue weighted by atomic mass is 10.0. The van der Waals surface area contributed by atoms with Gasteiger partial charge in [0.05, 0.1) is 0 Å². The standard InChI is InChI=1S/C17H25N3O/c1-12-8-6-9-13(2)15(12)16-20-19-14(21-16)10-7-11-18-17(3,4)5/h6,8-9,18H,7,10-11H2,1-5H3. The van der Waals surface area contributed by atoms with Gasteiger partial charge in [0, 0.05) is 17.5 Å². The quantitative estimate of drug-likeness (QED) is 0.852. The fourth-order valence-electron chi connectivity index (χ4n) is 2.31. The highest BCUT2D eigenvalue weighted by atomic mass is 16.4. The predicted octanol–water partition coefficient (Wildman–Crippen LogP) is 3.67. The number of aryl methyl sites for hydroxylation is 3. The molecule has 1 heterocycles. The molecule has 0 unspecified atom stereocenters. The maximum absolute atomic E-state index is 5.81. The molecule has 0 bridgehead atoms. The predicted molar refractivity (Wildman–Crippen MR) is 85.3 cm³/mol. The van der Waals surface area contributed by atoms with Crippen LogP contribution in [0.2, 0.25) is 0 Å².